The number of hydrogen-bond donors (Lipinski definition) is 0. The molecule has 0 bridgehead atoms. The number of benzene rings is 1. The monoisotopic (exact) mass is 282 g/mol. The highest BCUT2D eigenvalue weighted by Crippen LogP contribution is 2.24. The van der Waals surface area contributed by atoms with Gasteiger partial charge in [-0.15, -0.1) is 11.6 Å². The largest absolute Gasteiger partial charge is 0.157 e. The van der Waals surface area contributed by atoms with Gasteiger partial charge in [0.2, 0.25) is 0 Å². The van der Waals surface area contributed by atoms with Crippen molar-refractivity contribution in [2.45, 2.75) is 18.6 Å². The lowest BCUT2D eigenvalue weighted by atomic mass is 10.2. The molecule has 1 aromatic carbocycles. The van der Waals surface area contributed by atoms with Gasteiger partial charge in [0.25, 0.3) is 0 Å². The second-order valence-corrected chi connectivity index (χ2v) is 5.49. The molecule has 15 heavy (non-hydrogen) atoms. The van der Waals surface area contributed by atoms with Crippen molar-refractivity contribution in [3.63, 3.8) is 0 Å². The van der Waals surface area contributed by atoms with Gasteiger partial charge < -0.3 is 0 Å². The maximum atomic E-state index is 5.92. The summed E-state index contributed by atoms with van der Waals surface area (Å²) in [5.41, 5.74) is 1.22. The second-order valence-electron chi connectivity index (χ2n) is 3.20. The van der Waals surface area contributed by atoms with Gasteiger partial charge in [-0.25, -0.2) is 0 Å². The quantitative estimate of drug-likeness (QED) is 0.508. The Morgan fingerprint density at radius 2 is 1.87 bits per heavy atom. The van der Waals surface area contributed by atoms with Gasteiger partial charge in [0.05, 0.1) is 10.0 Å². The molecular weight excluding hydrogens is 271 g/mol. The average Bonchev–Trinajstić information content (AvgIpc) is 2.23. The Kier molecular flexibility index (Phi) is 6.91. The Balaban J connectivity index is 2.28. The molecule has 0 fully saturated rings. The first kappa shape index (κ1) is 13.5. The third-order valence-electron chi connectivity index (χ3n) is 1.93. The minimum atomic E-state index is 0.618. The summed E-state index contributed by atoms with van der Waals surface area (Å²) in [6.45, 7) is 0. The van der Waals surface area contributed by atoms with Gasteiger partial charge >= 0.3 is 0 Å². The van der Waals surface area contributed by atoms with E-state index in [0.29, 0.717) is 10.0 Å². The fourth-order valence-corrected chi connectivity index (χ4v) is 2.60. The van der Waals surface area contributed by atoms with E-state index in [2.05, 4.69) is 0 Å². The normalized spacial score (nSPS) is 10.6. The van der Waals surface area contributed by atoms with Crippen molar-refractivity contribution in [3.05, 3.63) is 33.8 Å². The van der Waals surface area contributed by atoms with Crippen molar-refractivity contribution in [1.29, 1.82) is 0 Å². The minimum absolute atomic E-state index is 0.618. The summed E-state index contributed by atoms with van der Waals surface area (Å²) in [6.07, 6.45) is 2.27. The predicted molar refractivity (Wildman–Crippen MR) is 72.6 cm³/mol. The molecule has 0 unspecified atom stereocenters. The van der Waals surface area contributed by atoms with Crippen molar-refractivity contribution < 1.29 is 0 Å². The van der Waals surface area contributed by atoms with Crippen LogP contribution < -0.4 is 0 Å². The van der Waals surface area contributed by atoms with E-state index in [4.69, 9.17) is 34.8 Å². The summed E-state index contributed by atoms with van der Waals surface area (Å²) in [7, 11) is 0. The lowest BCUT2D eigenvalue weighted by Gasteiger charge is -2.03. The number of hydrogen-bond acceptors (Lipinski definition) is 1. The first-order valence-electron chi connectivity index (χ1n) is 4.81. The van der Waals surface area contributed by atoms with Crippen LogP contribution in [0.2, 0.25) is 10.0 Å². The van der Waals surface area contributed by atoms with Crippen LogP contribution >= 0.6 is 46.6 Å². The fourth-order valence-electron chi connectivity index (χ4n) is 1.12. The Hall–Kier alpha value is 0.440. The molecule has 0 radical (unpaired) electrons. The predicted octanol–water partition coefficient (Wildman–Crippen LogP) is 5.25. The van der Waals surface area contributed by atoms with Crippen LogP contribution in [0.5, 0.6) is 0 Å². The van der Waals surface area contributed by atoms with Crippen LogP contribution in [0.3, 0.4) is 0 Å². The number of alkyl halides is 1. The summed E-state index contributed by atoms with van der Waals surface area (Å²) in [5.74, 6) is 2.89. The van der Waals surface area contributed by atoms with Crippen molar-refractivity contribution in [2.24, 2.45) is 0 Å². The Bertz CT molecular complexity index is 302. The van der Waals surface area contributed by atoms with Gasteiger partial charge in [0, 0.05) is 11.6 Å². The van der Waals surface area contributed by atoms with Crippen LogP contribution in [0.1, 0.15) is 18.4 Å². The summed E-state index contributed by atoms with van der Waals surface area (Å²) < 4.78 is 0. The second kappa shape index (κ2) is 7.67. The standard InChI is InChI=1S/C11H13Cl3S/c12-5-1-2-6-15-8-9-3-4-10(13)11(14)7-9/h3-4,7H,1-2,5-6,8H2. The maximum Gasteiger partial charge on any atom is 0.0595 e. The first-order chi connectivity index (χ1) is 7.24. The van der Waals surface area contributed by atoms with Crippen LogP contribution in [0.25, 0.3) is 0 Å². The molecule has 0 saturated heterocycles. The Morgan fingerprint density at radius 1 is 1.07 bits per heavy atom. The number of halogens is 3. The molecular formula is C11H13Cl3S. The van der Waals surface area contributed by atoms with Crippen LogP contribution in [0.15, 0.2) is 18.2 Å². The number of thioether (sulfide) groups is 1. The van der Waals surface area contributed by atoms with Gasteiger partial charge in [0.1, 0.15) is 0 Å². The van der Waals surface area contributed by atoms with Crippen LogP contribution in [0, 0.1) is 0 Å². The van der Waals surface area contributed by atoms with E-state index in [1.54, 1.807) is 0 Å². The molecule has 0 amide bonds. The van der Waals surface area contributed by atoms with Crippen LogP contribution in [0.4, 0.5) is 0 Å². The molecule has 84 valence electrons. The molecule has 0 aliphatic heterocycles. The van der Waals surface area contributed by atoms with E-state index in [1.807, 2.05) is 30.0 Å². The summed E-state index contributed by atoms with van der Waals surface area (Å²) >= 11 is 19.2. The first-order valence-corrected chi connectivity index (χ1v) is 7.26. The van der Waals surface area contributed by atoms with Crippen molar-refractivity contribution in [2.75, 3.05) is 11.6 Å². The molecule has 4 heteroatoms. The lowest BCUT2D eigenvalue weighted by Crippen LogP contribution is -1.85. The van der Waals surface area contributed by atoms with Gasteiger partial charge in [-0.05, 0) is 36.3 Å². The minimum Gasteiger partial charge on any atom is -0.157 e. The number of unbranched alkanes of at least 4 members (excludes halogenated alkanes) is 1. The third kappa shape index (κ3) is 5.35. The molecule has 0 N–H and O–H groups in total. The van der Waals surface area contributed by atoms with Crippen LogP contribution in [-0.4, -0.2) is 11.6 Å². The zero-order valence-electron chi connectivity index (χ0n) is 8.31. The molecule has 0 aliphatic carbocycles. The molecule has 0 aromatic heterocycles. The highest BCUT2D eigenvalue weighted by atomic mass is 35.5. The summed E-state index contributed by atoms with van der Waals surface area (Å²) in [6, 6.07) is 5.79. The van der Waals surface area contributed by atoms with Crippen molar-refractivity contribution in [1.82, 2.24) is 0 Å². The van der Waals surface area contributed by atoms with E-state index >= 15 is 0 Å². The van der Waals surface area contributed by atoms with Gasteiger partial charge in [-0.3, -0.25) is 0 Å². The zero-order valence-corrected chi connectivity index (χ0v) is 11.4. The molecule has 0 atom stereocenters. The van der Waals surface area contributed by atoms with Gasteiger partial charge in [-0.2, -0.15) is 11.8 Å². The highest BCUT2D eigenvalue weighted by molar-refractivity contribution is 7.98. The Labute approximate surface area is 110 Å². The van der Waals surface area contributed by atoms with Crippen LogP contribution in [-0.2, 0) is 5.75 Å². The molecule has 0 aliphatic rings. The molecule has 0 spiro atoms. The van der Waals surface area contributed by atoms with E-state index in [9.17, 15) is 0 Å². The number of rotatable bonds is 6. The molecule has 0 saturated carbocycles. The lowest BCUT2D eigenvalue weighted by molar-refractivity contribution is 0.902. The highest BCUT2D eigenvalue weighted by Gasteiger charge is 1.99. The van der Waals surface area contributed by atoms with Gasteiger partial charge in [0.15, 0.2) is 0 Å². The van der Waals surface area contributed by atoms with E-state index in [1.165, 1.54) is 12.0 Å². The summed E-state index contributed by atoms with van der Waals surface area (Å²) in [5, 5.41) is 1.25. The SMILES string of the molecule is ClCCCCSCc1ccc(Cl)c(Cl)c1. The maximum absolute atomic E-state index is 5.92. The molecule has 0 nitrogen and oxygen atoms in total. The zero-order chi connectivity index (χ0) is 11.1. The average molecular weight is 284 g/mol. The van der Waals surface area contributed by atoms with Crippen molar-refractivity contribution >= 4 is 46.6 Å². The van der Waals surface area contributed by atoms with Crippen molar-refractivity contribution in [3.8, 4) is 0 Å². The molecule has 1 rings (SSSR count). The fraction of sp³-hybridized carbons (Fsp3) is 0.455. The van der Waals surface area contributed by atoms with E-state index < -0.39 is 0 Å². The molecule has 1 aromatic rings. The van der Waals surface area contributed by atoms with E-state index in [0.717, 1.165) is 23.8 Å². The van der Waals surface area contributed by atoms with E-state index in [-0.39, 0.29) is 0 Å². The smallest absolute Gasteiger partial charge is 0.0595 e. The molecule has 0 heterocycles. The Morgan fingerprint density at radius 3 is 2.53 bits per heavy atom. The topological polar surface area (TPSA) is 0 Å². The van der Waals surface area contributed by atoms with Gasteiger partial charge in [-0.1, -0.05) is 29.3 Å². The summed E-state index contributed by atoms with van der Waals surface area (Å²) in [4.78, 5) is 0. The third-order valence-corrected chi connectivity index (χ3v) is 4.05.